The number of hydrogen-bond acceptors (Lipinski definition) is 3. The highest BCUT2D eigenvalue weighted by Crippen LogP contribution is 2.11. The van der Waals surface area contributed by atoms with E-state index in [0.717, 1.165) is 5.56 Å². The van der Waals surface area contributed by atoms with Gasteiger partial charge >= 0.3 is 0 Å². The second-order valence-electron chi connectivity index (χ2n) is 2.34. The zero-order chi connectivity index (χ0) is 9.52. The number of hydrogen-bond donors (Lipinski definition) is 1. The lowest BCUT2D eigenvalue weighted by molar-refractivity contribution is 0.305. The lowest BCUT2D eigenvalue weighted by atomic mass is 10.2. The fraction of sp³-hybridized carbons (Fsp3) is 0.300. The lowest BCUT2D eigenvalue weighted by Gasteiger charge is -1.99. The predicted molar refractivity (Wildman–Crippen MR) is 49.4 cm³/mol. The number of aliphatic hydroxyl groups is 1. The Morgan fingerprint density at radius 1 is 1.62 bits per heavy atom. The first kappa shape index (κ1) is 9.56. The summed E-state index contributed by atoms with van der Waals surface area (Å²) in [5.41, 5.74) is 0.749. The van der Waals surface area contributed by atoms with Crippen LogP contribution < -0.4 is 4.74 Å². The minimum absolute atomic E-state index is 0.0789. The molecule has 0 aliphatic rings. The molecule has 0 saturated heterocycles. The van der Waals surface area contributed by atoms with Crippen LogP contribution in [0.2, 0.25) is 0 Å². The summed E-state index contributed by atoms with van der Waals surface area (Å²) in [6.45, 7) is 0.0789. The fourth-order valence-corrected chi connectivity index (χ4v) is 0.862. The van der Waals surface area contributed by atoms with Crippen LogP contribution in [0.1, 0.15) is 12.0 Å². The van der Waals surface area contributed by atoms with Gasteiger partial charge in [0.05, 0.1) is 19.3 Å². The van der Waals surface area contributed by atoms with Crippen LogP contribution in [0.15, 0.2) is 18.3 Å². The van der Waals surface area contributed by atoms with Crippen LogP contribution in [0, 0.1) is 11.8 Å². The summed E-state index contributed by atoms with van der Waals surface area (Å²) in [7, 11) is 1.56. The molecule has 3 heteroatoms. The highest BCUT2D eigenvalue weighted by molar-refractivity contribution is 5.41. The van der Waals surface area contributed by atoms with E-state index in [1.54, 1.807) is 19.4 Å². The number of aliphatic hydroxyl groups excluding tert-OH is 1. The molecule has 0 saturated carbocycles. The minimum Gasteiger partial charge on any atom is -0.480 e. The van der Waals surface area contributed by atoms with Gasteiger partial charge in [-0.05, 0) is 12.1 Å². The van der Waals surface area contributed by atoms with Gasteiger partial charge in [0.25, 0.3) is 0 Å². The van der Waals surface area contributed by atoms with E-state index in [9.17, 15) is 0 Å². The predicted octanol–water partition coefficient (Wildman–Crippen LogP) is 0.824. The average molecular weight is 177 g/mol. The molecule has 0 aliphatic heterocycles. The summed E-state index contributed by atoms with van der Waals surface area (Å²) in [6.07, 6.45) is 2.12. The van der Waals surface area contributed by atoms with Gasteiger partial charge in [0, 0.05) is 12.6 Å². The summed E-state index contributed by atoms with van der Waals surface area (Å²) < 4.78 is 5.00. The fourth-order valence-electron chi connectivity index (χ4n) is 0.862. The highest BCUT2D eigenvalue weighted by Gasteiger charge is 1.97. The van der Waals surface area contributed by atoms with Crippen molar-refractivity contribution in [1.82, 2.24) is 4.98 Å². The number of methoxy groups -OCH3 is 1. The molecule has 1 rings (SSSR count). The third-order valence-electron chi connectivity index (χ3n) is 1.42. The van der Waals surface area contributed by atoms with E-state index < -0.39 is 0 Å². The van der Waals surface area contributed by atoms with Crippen molar-refractivity contribution in [2.24, 2.45) is 0 Å². The van der Waals surface area contributed by atoms with Crippen LogP contribution in [0.3, 0.4) is 0 Å². The van der Waals surface area contributed by atoms with E-state index >= 15 is 0 Å². The van der Waals surface area contributed by atoms with Crippen molar-refractivity contribution in [1.29, 1.82) is 0 Å². The molecule has 0 aliphatic carbocycles. The maximum atomic E-state index is 8.52. The van der Waals surface area contributed by atoms with Crippen molar-refractivity contribution in [3.8, 4) is 17.7 Å². The third-order valence-corrected chi connectivity index (χ3v) is 1.42. The van der Waals surface area contributed by atoms with E-state index in [1.165, 1.54) is 0 Å². The molecule has 0 bridgehead atoms. The molecule has 0 fully saturated rings. The van der Waals surface area contributed by atoms with E-state index in [4.69, 9.17) is 9.84 Å². The summed E-state index contributed by atoms with van der Waals surface area (Å²) in [6, 6.07) is 3.63. The van der Waals surface area contributed by atoms with Crippen LogP contribution in [-0.2, 0) is 0 Å². The summed E-state index contributed by atoms with van der Waals surface area (Å²) >= 11 is 0. The molecular weight excluding hydrogens is 166 g/mol. The molecule has 0 unspecified atom stereocenters. The van der Waals surface area contributed by atoms with Gasteiger partial charge in [-0.25, -0.2) is 4.98 Å². The van der Waals surface area contributed by atoms with E-state index in [2.05, 4.69) is 16.8 Å². The van der Waals surface area contributed by atoms with Crippen LogP contribution in [-0.4, -0.2) is 23.8 Å². The quantitative estimate of drug-likeness (QED) is 0.680. The smallest absolute Gasteiger partial charge is 0.229 e. The number of pyridine rings is 1. The first-order valence-corrected chi connectivity index (χ1v) is 3.97. The molecule has 1 aromatic rings. The minimum atomic E-state index is 0.0789. The monoisotopic (exact) mass is 177 g/mol. The first-order valence-electron chi connectivity index (χ1n) is 3.97. The molecule has 0 amide bonds. The van der Waals surface area contributed by atoms with E-state index in [-0.39, 0.29) is 6.61 Å². The maximum absolute atomic E-state index is 8.52. The van der Waals surface area contributed by atoms with Gasteiger partial charge in [0.2, 0.25) is 5.88 Å². The number of rotatable bonds is 2. The molecule has 0 atom stereocenters. The van der Waals surface area contributed by atoms with Crippen molar-refractivity contribution >= 4 is 0 Å². The molecule has 1 aromatic heterocycles. The molecule has 1 N–H and O–H groups in total. The highest BCUT2D eigenvalue weighted by atomic mass is 16.5. The Morgan fingerprint density at radius 2 is 2.46 bits per heavy atom. The molecule has 3 nitrogen and oxygen atoms in total. The Labute approximate surface area is 77.4 Å². The second-order valence-corrected chi connectivity index (χ2v) is 2.34. The Bertz CT molecular complexity index is 325. The Hall–Kier alpha value is -1.53. The van der Waals surface area contributed by atoms with Gasteiger partial charge < -0.3 is 9.84 Å². The van der Waals surface area contributed by atoms with Crippen molar-refractivity contribution in [2.75, 3.05) is 13.7 Å². The van der Waals surface area contributed by atoms with E-state index in [0.29, 0.717) is 12.3 Å². The SMILES string of the molecule is COc1ncccc1C#CCCO. The van der Waals surface area contributed by atoms with Gasteiger partial charge in [-0.1, -0.05) is 11.8 Å². The van der Waals surface area contributed by atoms with Crippen molar-refractivity contribution in [3.63, 3.8) is 0 Å². The topological polar surface area (TPSA) is 42.4 Å². The van der Waals surface area contributed by atoms with Crippen molar-refractivity contribution < 1.29 is 9.84 Å². The number of aromatic nitrogens is 1. The number of nitrogens with zero attached hydrogens (tertiary/aromatic N) is 1. The third kappa shape index (κ3) is 2.77. The Morgan fingerprint density at radius 3 is 3.15 bits per heavy atom. The molecular formula is C10H11NO2. The van der Waals surface area contributed by atoms with Gasteiger partial charge in [0.1, 0.15) is 0 Å². The van der Waals surface area contributed by atoms with Gasteiger partial charge in [0.15, 0.2) is 0 Å². The van der Waals surface area contributed by atoms with Crippen LogP contribution in [0.4, 0.5) is 0 Å². The Balaban J connectivity index is 2.82. The second kappa shape index (κ2) is 5.18. The zero-order valence-electron chi connectivity index (χ0n) is 7.45. The number of ether oxygens (including phenoxy) is 1. The van der Waals surface area contributed by atoms with Crippen LogP contribution in [0.25, 0.3) is 0 Å². The lowest BCUT2D eigenvalue weighted by Crippen LogP contribution is -1.90. The largest absolute Gasteiger partial charge is 0.480 e. The molecule has 1 heterocycles. The average Bonchev–Trinajstić information content (AvgIpc) is 2.19. The molecule has 13 heavy (non-hydrogen) atoms. The molecule has 0 radical (unpaired) electrons. The van der Waals surface area contributed by atoms with Crippen LogP contribution >= 0.6 is 0 Å². The van der Waals surface area contributed by atoms with E-state index in [1.807, 2.05) is 6.07 Å². The summed E-state index contributed by atoms with van der Waals surface area (Å²) in [4.78, 5) is 3.99. The molecule has 0 aromatic carbocycles. The summed E-state index contributed by atoms with van der Waals surface area (Å²) in [5, 5.41) is 8.52. The van der Waals surface area contributed by atoms with Gasteiger partial charge in [-0.3, -0.25) is 0 Å². The maximum Gasteiger partial charge on any atom is 0.229 e. The van der Waals surface area contributed by atoms with Gasteiger partial charge in [-0.2, -0.15) is 0 Å². The normalized spacial score (nSPS) is 8.77. The van der Waals surface area contributed by atoms with Gasteiger partial charge in [-0.15, -0.1) is 0 Å². The summed E-state index contributed by atoms with van der Waals surface area (Å²) in [5.74, 6) is 6.19. The first-order chi connectivity index (χ1) is 6.38. The Kier molecular flexibility index (Phi) is 3.80. The standard InChI is InChI=1S/C10H11NO2/c1-13-10-9(5-2-3-8-12)6-4-7-11-10/h4,6-7,12H,3,8H2,1H3. The zero-order valence-corrected chi connectivity index (χ0v) is 7.45. The molecule has 68 valence electrons. The van der Waals surface area contributed by atoms with Crippen LogP contribution in [0.5, 0.6) is 5.88 Å². The molecule has 0 spiro atoms. The van der Waals surface area contributed by atoms with Crippen molar-refractivity contribution in [3.05, 3.63) is 23.9 Å². The van der Waals surface area contributed by atoms with Crippen molar-refractivity contribution in [2.45, 2.75) is 6.42 Å².